The monoisotopic (exact) mass is 480 g/mol. The molecule has 4 rings (SSSR count). The number of amides is 1. The van der Waals surface area contributed by atoms with Crippen molar-refractivity contribution in [1.82, 2.24) is 4.98 Å². The van der Waals surface area contributed by atoms with E-state index in [1.807, 2.05) is 35.7 Å². The highest BCUT2D eigenvalue weighted by atomic mass is 32.1. The predicted molar refractivity (Wildman–Crippen MR) is 129 cm³/mol. The molecule has 9 heteroatoms. The summed E-state index contributed by atoms with van der Waals surface area (Å²) >= 11 is 2.70. The van der Waals surface area contributed by atoms with Crippen LogP contribution in [0.25, 0.3) is 21.3 Å². The number of hydrogen-bond acceptors (Lipinski definition) is 8. The Labute approximate surface area is 198 Å². The van der Waals surface area contributed by atoms with Crippen LogP contribution in [0.3, 0.4) is 0 Å². The third-order valence-electron chi connectivity index (χ3n) is 4.71. The van der Waals surface area contributed by atoms with Gasteiger partial charge in [0, 0.05) is 26.9 Å². The molecule has 0 spiro atoms. The summed E-state index contributed by atoms with van der Waals surface area (Å²) in [6.07, 6.45) is 0. The van der Waals surface area contributed by atoms with Crippen LogP contribution in [0.5, 0.6) is 0 Å². The minimum Gasteiger partial charge on any atom is -0.462 e. The van der Waals surface area contributed by atoms with Crippen LogP contribution >= 0.6 is 22.7 Å². The number of ether oxygens (including phenoxy) is 2. The van der Waals surface area contributed by atoms with Gasteiger partial charge in [-0.1, -0.05) is 24.3 Å². The van der Waals surface area contributed by atoms with Gasteiger partial charge in [-0.05, 0) is 37.4 Å². The zero-order chi connectivity index (χ0) is 23.4. The molecule has 1 N–H and O–H groups in total. The maximum Gasteiger partial charge on any atom is 0.341 e. The number of anilines is 1. The zero-order valence-electron chi connectivity index (χ0n) is 17.9. The number of pyridine rings is 1. The van der Waals surface area contributed by atoms with Crippen LogP contribution in [0.2, 0.25) is 0 Å². The van der Waals surface area contributed by atoms with Crippen LogP contribution in [0, 0.1) is 6.92 Å². The molecular weight excluding hydrogens is 460 g/mol. The van der Waals surface area contributed by atoms with Crippen molar-refractivity contribution in [2.45, 2.75) is 13.8 Å². The van der Waals surface area contributed by atoms with Gasteiger partial charge >= 0.3 is 11.9 Å². The summed E-state index contributed by atoms with van der Waals surface area (Å²) in [5, 5.41) is 7.39. The van der Waals surface area contributed by atoms with E-state index in [0.29, 0.717) is 38.3 Å². The summed E-state index contributed by atoms with van der Waals surface area (Å²) < 4.78 is 10.4. The zero-order valence-corrected chi connectivity index (χ0v) is 19.5. The molecule has 0 radical (unpaired) electrons. The fourth-order valence-corrected chi connectivity index (χ4v) is 5.11. The predicted octanol–water partition coefficient (Wildman–Crippen LogP) is 5.31. The lowest BCUT2D eigenvalue weighted by atomic mass is 10.1. The molecule has 3 aromatic heterocycles. The smallest absolute Gasteiger partial charge is 0.341 e. The van der Waals surface area contributed by atoms with Crippen LogP contribution in [-0.4, -0.2) is 36.0 Å². The van der Waals surface area contributed by atoms with E-state index in [1.165, 1.54) is 22.7 Å². The van der Waals surface area contributed by atoms with E-state index in [9.17, 15) is 14.4 Å². The van der Waals surface area contributed by atoms with E-state index < -0.39 is 24.5 Å². The van der Waals surface area contributed by atoms with Gasteiger partial charge in [-0.3, -0.25) is 9.78 Å². The van der Waals surface area contributed by atoms with E-state index in [4.69, 9.17) is 9.47 Å². The summed E-state index contributed by atoms with van der Waals surface area (Å²) in [7, 11) is 0. The summed E-state index contributed by atoms with van der Waals surface area (Å²) in [6, 6.07) is 12.6. The second kappa shape index (κ2) is 9.93. The van der Waals surface area contributed by atoms with Crippen LogP contribution in [0.15, 0.2) is 53.2 Å². The molecule has 0 saturated carbocycles. The molecule has 168 valence electrons. The number of benzene rings is 1. The molecule has 0 bridgehead atoms. The standard InChI is InChI=1S/C24H20N2O5S2/c1-3-30-24(29)21-17(19-9-6-10-32-19)13-33-22(21)26-20(27)12-31-23(28)16-11-14(2)25-18-8-5-4-7-15(16)18/h4-11,13H,3,12H2,1-2H3,(H,26,27). The molecule has 0 aliphatic rings. The van der Waals surface area contributed by atoms with Gasteiger partial charge in [0.15, 0.2) is 6.61 Å². The van der Waals surface area contributed by atoms with Gasteiger partial charge in [-0.2, -0.15) is 0 Å². The average Bonchev–Trinajstić information content (AvgIpc) is 3.47. The fraction of sp³-hybridized carbons (Fsp3) is 0.167. The lowest BCUT2D eigenvalue weighted by Gasteiger charge is -2.10. The number of carbonyl (C=O) groups is 3. The first kappa shape index (κ1) is 22.6. The number of aromatic nitrogens is 1. The van der Waals surface area contributed by atoms with E-state index in [2.05, 4.69) is 10.3 Å². The fourth-order valence-electron chi connectivity index (χ4n) is 3.32. The van der Waals surface area contributed by atoms with Gasteiger partial charge in [-0.15, -0.1) is 22.7 Å². The first-order chi connectivity index (χ1) is 16.0. The van der Waals surface area contributed by atoms with Gasteiger partial charge in [0.2, 0.25) is 0 Å². The van der Waals surface area contributed by atoms with Crippen molar-refractivity contribution in [1.29, 1.82) is 0 Å². The highest BCUT2D eigenvalue weighted by molar-refractivity contribution is 7.17. The van der Waals surface area contributed by atoms with Crippen LogP contribution in [-0.2, 0) is 14.3 Å². The van der Waals surface area contributed by atoms with Crippen molar-refractivity contribution >= 4 is 56.4 Å². The number of nitrogens with one attached hydrogen (secondary N) is 1. The Morgan fingerprint density at radius 2 is 1.85 bits per heavy atom. The SMILES string of the molecule is CCOC(=O)c1c(-c2cccs2)csc1NC(=O)COC(=O)c1cc(C)nc2ccccc12. The molecule has 0 aliphatic carbocycles. The molecule has 7 nitrogen and oxygen atoms in total. The Morgan fingerprint density at radius 3 is 2.61 bits per heavy atom. The van der Waals surface area contributed by atoms with Gasteiger partial charge < -0.3 is 14.8 Å². The maximum atomic E-state index is 12.7. The molecule has 0 atom stereocenters. The summed E-state index contributed by atoms with van der Waals surface area (Å²) in [4.78, 5) is 43.1. The quantitative estimate of drug-likeness (QED) is 0.361. The summed E-state index contributed by atoms with van der Waals surface area (Å²) in [6.45, 7) is 3.22. The molecule has 33 heavy (non-hydrogen) atoms. The van der Waals surface area contributed by atoms with E-state index >= 15 is 0 Å². The van der Waals surface area contributed by atoms with E-state index in [1.54, 1.807) is 31.4 Å². The van der Waals surface area contributed by atoms with E-state index in [-0.39, 0.29) is 6.61 Å². The number of hydrogen-bond donors (Lipinski definition) is 1. The summed E-state index contributed by atoms with van der Waals surface area (Å²) in [5.41, 5.74) is 2.67. The summed E-state index contributed by atoms with van der Waals surface area (Å²) in [5.74, 6) is -1.69. The van der Waals surface area contributed by atoms with Crippen molar-refractivity contribution in [2.24, 2.45) is 0 Å². The van der Waals surface area contributed by atoms with Gasteiger partial charge in [0.05, 0.1) is 17.7 Å². The molecule has 3 heterocycles. The minimum absolute atomic E-state index is 0.211. The number of aryl methyl sites for hydroxylation is 1. The first-order valence-corrected chi connectivity index (χ1v) is 11.9. The Bertz CT molecular complexity index is 1330. The first-order valence-electron chi connectivity index (χ1n) is 10.1. The largest absolute Gasteiger partial charge is 0.462 e. The molecule has 1 aromatic carbocycles. The number of carbonyl (C=O) groups excluding carboxylic acids is 3. The van der Waals surface area contributed by atoms with Crippen molar-refractivity contribution < 1.29 is 23.9 Å². The minimum atomic E-state index is -0.622. The van der Waals surface area contributed by atoms with Crippen molar-refractivity contribution in [3.05, 3.63) is 70.0 Å². The van der Waals surface area contributed by atoms with E-state index in [0.717, 1.165) is 4.88 Å². The Kier molecular flexibility index (Phi) is 6.81. The van der Waals surface area contributed by atoms with Crippen molar-refractivity contribution in [2.75, 3.05) is 18.5 Å². The van der Waals surface area contributed by atoms with Crippen LogP contribution in [0.4, 0.5) is 5.00 Å². The molecule has 0 fully saturated rings. The molecule has 4 aromatic rings. The molecule has 0 aliphatic heterocycles. The van der Waals surface area contributed by atoms with Crippen LogP contribution in [0.1, 0.15) is 33.3 Å². The Hall–Kier alpha value is -3.56. The number of para-hydroxylation sites is 1. The Balaban J connectivity index is 1.50. The lowest BCUT2D eigenvalue weighted by Crippen LogP contribution is -2.22. The van der Waals surface area contributed by atoms with Crippen molar-refractivity contribution in [3.8, 4) is 10.4 Å². The number of rotatable bonds is 7. The molecule has 0 unspecified atom stereocenters. The number of fused-ring (bicyclic) bond motifs is 1. The maximum absolute atomic E-state index is 12.7. The Morgan fingerprint density at radius 1 is 1.03 bits per heavy atom. The second-order valence-electron chi connectivity index (χ2n) is 7.00. The normalized spacial score (nSPS) is 10.7. The number of esters is 2. The van der Waals surface area contributed by atoms with Gasteiger partial charge in [-0.25, -0.2) is 9.59 Å². The highest BCUT2D eigenvalue weighted by Crippen LogP contribution is 2.38. The van der Waals surface area contributed by atoms with Gasteiger partial charge in [0.25, 0.3) is 5.91 Å². The topological polar surface area (TPSA) is 94.6 Å². The number of thiophene rings is 2. The molecule has 1 amide bonds. The number of nitrogens with zero attached hydrogens (tertiary/aromatic N) is 1. The highest BCUT2D eigenvalue weighted by Gasteiger charge is 2.24. The third-order valence-corrected chi connectivity index (χ3v) is 6.51. The molecule has 0 saturated heterocycles. The van der Waals surface area contributed by atoms with Gasteiger partial charge in [0.1, 0.15) is 10.6 Å². The second-order valence-corrected chi connectivity index (χ2v) is 8.83. The van der Waals surface area contributed by atoms with Crippen LogP contribution < -0.4 is 5.32 Å². The third kappa shape index (κ3) is 4.94. The lowest BCUT2D eigenvalue weighted by molar-refractivity contribution is -0.119. The van der Waals surface area contributed by atoms with Crippen molar-refractivity contribution in [3.63, 3.8) is 0 Å². The molecular formula is C24H20N2O5S2. The average molecular weight is 481 g/mol.